The molecule has 0 saturated carbocycles. The first-order valence-electron chi connectivity index (χ1n) is 7.21. The van der Waals surface area contributed by atoms with Crippen molar-refractivity contribution in [1.82, 2.24) is 5.32 Å². The van der Waals surface area contributed by atoms with E-state index in [1.165, 1.54) is 0 Å². The zero-order chi connectivity index (χ0) is 15.6. The predicted octanol–water partition coefficient (Wildman–Crippen LogP) is 3.49. The molecule has 3 N–H and O–H groups in total. The van der Waals surface area contributed by atoms with Crippen LogP contribution in [0.15, 0.2) is 48.5 Å². The highest BCUT2D eigenvalue weighted by Crippen LogP contribution is 2.41. The Morgan fingerprint density at radius 2 is 1.91 bits per heavy atom. The quantitative estimate of drug-likeness (QED) is 0.808. The van der Waals surface area contributed by atoms with Crippen LogP contribution in [0.3, 0.4) is 0 Å². The summed E-state index contributed by atoms with van der Waals surface area (Å²) in [6, 6.07) is 15.0. The van der Waals surface area contributed by atoms with Gasteiger partial charge in [0.05, 0.1) is 5.54 Å². The molecule has 1 atom stereocenters. The normalized spacial score (nSPS) is 20.0. The number of fused-ring (bicyclic) bond motifs is 1. The van der Waals surface area contributed by atoms with Gasteiger partial charge in [-0.25, -0.2) is 4.79 Å². The summed E-state index contributed by atoms with van der Waals surface area (Å²) in [5.74, 6) is 0. The first-order chi connectivity index (χ1) is 10.7. The van der Waals surface area contributed by atoms with Crippen LogP contribution < -0.4 is 10.6 Å². The first-order valence-corrected chi connectivity index (χ1v) is 7.59. The van der Waals surface area contributed by atoms with Crippen molar-refractivity contribution in [2.45, 2.75) is 18.4 Å². The van der Waals surface area contributed by atoms with E-state index in [2.05, 4.69) is 10.6 Å². The number of halogens is 1. The highest BCUT2D eigenvalue weighted by molar-refractivity contribution is 6.30. The molecule has 4 nitrogen and oxygen atoms in total. The summed E-state index contributed by atoms with van der Waals surface area (Å²) in [6.07, 6.45) is 1.16. The number of rotatable bonds is 4. The molecule has 0 spiro atoms. The van der Waals surface area contributed by atoms with Crippen LogP contribution in [0, 0.1) is 0 Å². The van der Waals surface area contributed by atoms with Gasteiger partial charge < -0.3 is 15.7 Å². The molecular weight excluding hydrogens is 300 g/mol. The van der Waals surface area contributed by atoms with E-state index in [9.17, 15) is 9.90 Å². The van der Waals surface area contributed by atoms with E-state index in [-0.39, 0.29) is 12.6 Å². The maximum atomic E-state index is 12.1. The lowest BCUT2D eigenvalue weighted by molar-refractivity contribution is 0.228. The minimum absolute atomic E-state index is 0.0633. The second-order valence-corrected chi connectivity index (χ2v) is 5.80. The third-order valence-corrected chi connectivity index (χ3v) is 4.23. The number of amides is 2. The molecule has 1 aliphatic heterocycles. The maximum absolute atomic E-state index is 12.1. The Kier molecular flexibility index (Phi) is 4.05. The Morgan fingerprint density at radius 1 is 1.14 bits per heavy atom. The Labute approximate surface area is 134 Å². The molecule has 5 heteroatoms. The fourth-order valence-corrected chi connectivity index (χ4v) is 3.20. The predicted molar refractivity (Wildman–Crippen MR) is 87.1 cm³/mol. The van der Waals surface area contributed by atoms with Gasteiger partial charge in [-0.15, -0.1) is 0 Å². The lowest BCUT2D eigenvalue weighted by Gasteiger charge is -2.40. The zero-order valence-electron chi connectivity index (χ0n) is 12.0. The molecule has 3 rings (SSSR count). The van der Waals surface area contributed by atoms with Crippen LogP contribution >= 0.6 is 11.6 Å². The summed E-state index contributed by atoms with van der Waals surface area (Å²) in [7, 11) is 0. The number of aliphatic hydroxyl groups is 1. The standard InChI is InChI=1S/C17H17ClN2O2/c18-13-7-8-15-14(11-13)17(9-4-10-21,20-16(22)19-15)12-5-2-1-3-6-12/h1-3,5-8,11,21H,4,9-10H2,(H2,19,20,22). The molecule has 1 aliphatic rings. The molecule has 2 amide bonds. The van der Waals surface area contributed by atoms with Gasteiger partial charge in [0.25, 0.3) is 0 Å². The van der Waals surface area contributed by atoms with E-state index in [1.807, 2.05) is 42.5 Å². The third kappa shape index (κ3) is 2.56. The first kappa shape index (κ1) is 14.9. The van der Waals surface area contributed by atoms with Crippen LogP contribution in [0.4, 0.5) is 10.5 Å². The molecule has 22 heavy (non-hydrogen) atoms. The molecule has 2 aromatic rings. The average Bonchev–Trinajstić information content (AvgIpc) is 2.54. The van der Waals surface area contributed by atoms with Crippen molar-refractivity contribution in [3.05, 3.63) is 64.7 Å². The molecule has 114 valence electrons. The van der Waals surface area contributed by atoms with E-state index in [0.29, 0.717) is 17.9 Å². The van der Waals surface area contributed by atoms with E-state index in [4.69, 9.17) is 11.6 Å². The van der Waals surface area contributed by atoms with E-state index >= 15 is 0 Å². The lowest BCUT2D eigenvalue weighted by Crippen LogP contribution is -2.52. The van der Waals surface area contributed by atoms with Gasteiger partial charge in [-0.2, -0.15) is 0 Å². The summed E-state index contributed by atoms with van der Waals surface area (Å²) in [4.78, 5) is 12.1. The summed E-state index contributed by atoms with van der Waals surface area (Å²) in [5, 5.41) is 15.7. The number of hydrogen-bond acceptors (Lipinski definition) is 2. The fourth-order valence-electron chi connectivity index (χ4n) is 3.03. The minimum Gasteiger partial charge on any atom is -0.396 e. The van der Waals surface area contributed by atoms with E-state index < -0.39 is 5.54 Å². The number of anilines is 1. The average molecular weight is 317 g/mol. The molecule has 0 fully saturated rings. The summed E-state index contributed by atoms with van der Waals surface area (Å²) < 4.78 is 0. The van der Waals surface area contributed by atoms with E-state index in [1.54, 1.807) is 6.07 Å². The van der Waals surface area contributed by atoms with Gasteiger partial charge in [-0.3, -0.25) is 0 Å². The van der Waals surface area contributed by atoms with Gasteiger partial charge in [-0.05, 0) is 36.6 Å². The Balaban J connectivity index is 2.21. The number of carbonyl (C=O) groups excluding carboxylic acids is 1. The highest BCUT2D eigenvalue weighted by Gasteiger charge is 2.40. The molecule has 1 heterocycles. The van der Waals surface area contributed by atoms with Gasteiger partial charge in [-0.1, -0.05) is 41.9 Å². The Hall–Kier alpha value is -2.04. The van der Waals surface area contributed by atoms with Crippen molar-refractivity contribution in [2.24, 2.45) is 0 Å². The summed E-state index contributed by atoms with van der Waals surface area (Å²) in [5.41, 5.74) is 1.95. The van der Waals surface area contributed by atoms with Crippen LogP contribution in [-0.2, 0) is 5.54 Å². The zero-order valence-corrected chi connectivity index (χ0v) is 12.7. The van der Waals surface area contributed by atoms with Crippen molar-refractivity contribution in [3.8, 4) is 0 Å². The van der Waals surface area contributed by atoms with Gasteiger partial charge in [0.15, 0.2) is 0 Å². The maximum Gasteiger partial charge on any atom is 0.320 e. The second kappa shape index (κ2) is 5.99. The molecule has 0 radical (unpaired) electrons. The van der Waals surface area contributed by atoms with Crippen molar-refractivity contribution < 1.29 is 9.90 Å². The number of nitrogens with one attached hydrogen (secondary N) is 2. The van der Waals surface area contributed by atoms with Crippen molar-refractivity contribution >= 4 is 23.3 Å². The number of carbonyl (C=O) groups is 1. The van der Waals surface area contributed by atoms with Crippen LogP contribution in [0.2, 0.25) is 5.02 Å². The third-order valence-electron chi connectivity index (χ3n) is 3.99. The molecule has 2 aromatic carbocycles. The molecule has 0 aliphatic carbocycles. The minimum atomic E-state index is -0.688. The summed E-state index contributed by atoms with van der Waals surface area (Å²) >= 11 is 6.17. The summed E-state index contributed by atoms with van der Waals surface area (Å²) in [6.45, 7) is 0.0633. The van der Waals surface area contributed by atoms with E-state index in [0.717, 1.165) is 16.8 Å². The van der Waals surface area contributed by atoms with Crippen molar-refractivity contribution in [2.75, 3.05) is 11.9 Å². The van der Waals surface area contributed by atoms with Crippen LogP contribution in [-0.4, -0.2) is 17.7 Å². The molecule has 1 unspecified atom stereocenters. The fraction of sp³-hybridized carbons (Fsp3) is 0.235. The van der Waals surface area contributed by atoms with Gasteiger partial charge in [0.1, 0.15) is 0 Å². The Morgan fingerprint density at radius 3 is 2.64 bits per heavy atom. The number of benzene rings is 2. The van der Waals surface area contributed by atoms with Crippen LogP contribution in [0.1, 0.15) is 24.0 Å². The highest BCUT2D eigenvalue weighted by atomic mass is 35.5. The van der Waals surface area contributed by atoms with Crippen molar-refractivity contribution in [1.29, 1.82) is 0 Å². The van der Waals surface area contributed by atoms with Crippen LogP contribution in [0.5, 0.6) is 0 Å². The largest absolute Gasteiger partial charge is 0.396 e. The lowest BCUT2D eigenvalue weighted by atomic mass is 9.77. The SMILES string of the molecule is O=C1Nc2ccc(Cl)cc2C(CCCO)(c2ccccc2)N1. The molecule has 0 saturated heterocycles. The monoisotopic (exact) mass is 316 g/mol. The smallest absolute Gasteiger partial charge is 0.320 e. The number of hydrogen-bond donors (Lipinski definition) is 3. The molecule has 0 aromatic heterocycles. The molecule has 0 bridgehead atoms. The number of aliphatic hydroxyl groups excluding tert-OH is 1. The number of urea groups is 1. The van der Waals surface area contributed by atoms with Gasteiger partial charge >= 0.3 is 6.03 Å². The van der Waals surface area contributed by atoms with Gasteiger partial charge in [0.2, 0.25) is 0 Å². The molecular formula is C17H17ClN2O2. The second-order valence-electron chi connectivity index (χ2n) is 5.37. The Bertz CT molecular complexity index is 690. The van der Waals surface area contributed by atoms with Gasteiger partial charge in [0, 0.05) is 22.9 Å². The van der Waals surface area contributed by atoms with Crippen molar-refractivity contribution in [3.63, 3.8) is 0 Å². The van der Waals surface area contributed by atoms with Crippen LogP contribution in [0.25, 0.3) is 0 Å². The topological polar surface area (TPSA) is 61.4 Å².